The highest BCUT2D eigenvalue weighted by molar-refractivity contribution is 7.98. The van der Waals surface area contributed by atoms with Crippen LogP contribution >= 0.6 is 11.8 Å². The molecule has 0 saturated carbocycles. The summed E-state index contributed by atoms with van der Waals surface area (Å²) < 4.78 is 0. The molecule has 0 aliphatic heterocycles. The minimum Gasteiger partial charge on any atom is -0.300 e. The lowest BCUT2D eigenvalue weighted by atomic mass is 10.1. The first-order valence-corrected chi connectivity index (χ1v) is 5.47. The van der Waals surface area contributed by atoms with Crippen molar-refractivity contribution in [2.45, 2.75) is 18.2 Å². The van der Waals surface area contributed by atoms with Crippen molar-refractivity contribution in [3.8, 4) is 6.07 Å². The van der Waals surface area contributed by atoms with E-state index in [0.29, 0.717) is 12.0 Å². The fourth-order valence-electron chi connectivity index (χ4n) is 1.32. The molecule has 1 rings (SSSR count). The molecular formula is C11H11NOS. The van der Waals surface area contributed by atoms with Crippen molar-refractivity contribution in [3.63, 3.8) is 0 Å². The van der Waals surface area contributed by atoms with Crippen molar-refractivity contribution >= 4 is 17.5 Å². The van der Waals surface area contributed by atoms with Gasteiger partial charge in [0.2, 0.25) is 0 Å². The average Bonchev–Trinajstić information content (AvgIpc) is 2.16. The number of nitriles is 1. The molecule has 0 bridgehead atoms. The maximum Gasteiger partial charge on any atom is 0.134 e. The summed E-state index contributed by atoms with van der Waals surface area (Å²) in [6, 6.07) is 7.61. The first-order valence-electron chi connectivity index (χ1n) is 4.24. The maximum absolute atomic E-state index is 11.0. The fourth-order valence-corrected chi connectivity index (χ4v) is 2.06. The van der Waals surface area contributed by atoms with E-state index in [2.05, 4.69) is 6.07 Å². The zero-order valence-corrected chi connectivity index (χ0v) is 9.02. The predicted octanol–water partition coefficient (Wildman–Crippen LogP) is 2.41. The number of carbonyl (C=O) groups excluding carboxylic acids is 1. The molecule has 2 nitrogen and oxygen atoms in total. The second-order valence-corrected chi connectivity index (χ2v) is 3.81. The Labute approximate surface area is 87.9 Å². The van der Waals surface area contributed by atoms with Crippen LogP contribution in [-0.2, 0) is 11.2 Å². The van der Waals surface area contributed by atoms with Crippen molar-refractivity contribution in [3.05, 3.63) is 29.3 Å². The van der Waals surface area contributed by atoms with Crippen molar-refractivity contribution < 1.29 is 4.79 Å². The van der Waals surface area contributed by atoms with E-state index in [9.17, 15) is 4.79 Å². The summed E-state index contributed by atoms with van der Waals surface area (Å²) in [7, 11) is 0. The van der Waals surface area contributed by atoms with Gasteiger partial charge in [0.05, 0.1) is 5.56 Å². The Kier molecular flexibility index (Phi) is 3.73. The van der Waals surface area contributed by atoms with Crippen LogP contribution in [0.15, 0.2) is 23.1 Å². The normalized spacial score (nSPS) is 9.50. The van der Waals surface area contributed by atoms with Crippen molar-refractivity contribution in [1.29, 1.82) is 5.26 Å². The second-order valence-electron chi connectivity index (χ2n) is 2.99. The maximum atomic E-state index is 11.0. The number of carbonyl (C=O) groups is 1. The quantitative estimate of drug-likeness (QED) is 0.711. The molecule has 0 radical (unpaired) electrons. The lowest BCUT2D eigenvalue weighted by Crippen LogP contribution is -1.99. The van der Waals surface area contributed by atoms with E-state index < -0.39 is 0 Å². The summed E-state index contributed by atoms with van der Waals surface area (Å²) in [5.74, 6) is 0.121. The zero-order valence-electron chi connectivity index (χ0n) is 8.20. The van der Waals surface area contributed by atoms with Crippen molar-refractivity contribution in [2.24, 2.45) is 0 Å². The highest BCUT2D eigenvalue weighted by Gasteiger charge is 2.08. The number of thioether (sulfide) groups is 1. The van der Waals surface area contributed by atoms with Crippen LogP contribution in [0.3, 0.4) is 0 Å². The van der Waals surface area contributed by atoms with E-state index in [4.69, 9.17) is 5.26 Å². The highest BCUT2D eigenvalue weighted by atomic mass is 32.2. The van der Waals surface area contributed by atoms with E-state index in [-0.39, 0.29) is 5.78 Å². The molecule has 0 saturated heterocycles. The topological polar surface area (TPSA) is 40.9 Å². The van der Waals surface area contributed by atoms with E-state index in [1.54, 1.807) is 13.0 Å². The molecule has 3 heteroatoms. The van der Waals surface area contributed by atoms with Gasteiger partial charge in [0.25, 0.3) is 0 Å². The van der Waals surface area contributed by atoms with E-state index in [0.717, 1.165) is 10.5 Å². The SMILES string of the molecule is CSc1c(C#N)cccc1CC(C)=O. The summed E-state index contributed by atoms with van der Waals surface area (Å²) in [5.41, 5.74) is 1.60. The van der Waals surface area contributed by atoms with Crippen LogP contribution in [0.1, 0.15) is 18.1 Å². The van der Waals surface area contributed by atoms with Gasteiger partial charge in [-0.05, 0) is 24.8 Å². The molecule has 0 fully saturated rings. The third-order valence-corrected chi connectivity index (χ3v) is 2.75. The van der Waals surface area contributed by atoms with Crippen LogP contribution in [0.5, 0.6) is 0 Å². The first-order chi connectivity index (χ1) is 6.69. The van der Waals surface area contributed by atoms with Gasteiger partial charge in [0.1, 0.15) is 11.9 Å². The fraction of sp³-hybridized carbons (Fsp3) is 0.273. The number of benzene rings is 1. The van der Waals surface area contributed by atoms with Gasteiger partial charge in [-0.3, -0.25) is 4.79 Å². The monoisotopic (exact) mass is 205 g/mol. The molecule has 0 spiro atoms. The Bertz CT molecular complexity index is 393. The average molecular weight is 205 g/mol. The lowest BCUT2D eigenvalue weighted by molar-refractivity contribution is -0.116. The zero-order chi connectivity index (χ0) is 10.6. The molecule has 0 aliphatic carbocycles. The van der Waals surface area contributed by atoms with E-state index >= 15 is 0 Å². The Balaban J connectivity index is 3.16. The minimum atomic E-state index is 0.121. The van der Waals surface area contributed by atoms with Gasteiger partial charge in [-0.25, -0.2) is 0 Å². The standard InChI is InChI=1S/C11H11NOS/c1-8(13)6-9-4-3-5-10(7-12)11(9)14-2/h3-5H,6H2,1-2H3. The molecule has 0 aromatic heterocycles. The summed E-state index contributed by atoms with van der Waals surface area (Å²) >= 11 is 1.51. The van der Waals surface area contributed by atoms with Gasteiger partial charge in [0, 0.05) is 11.3 Å². The molecule has 1 aromatic rings. The van der Waals surface area contributed by atoms with Gasteiger partial charge in [-0.1, -0.05) is 12.1 Å². The number of ketones is 1. The Hall–Kier alpha value is -1.27. The number of Topliss-reactive ketones (excluding diaryl/α,β-unsaturated/α-hetero) is 1. The molecule has 14 heavy (non-hydrogen) atoms. The van der Waals surface area contributed by atoms with E-state index in [1.807, 2.05) is 18.4 Å². The Morgan fingerprint density at radius 2 is 2.29 bits per heavy atom. The van der Waals surface area contributed by atoms with Crippen LogP contribution in [0.2, 0.25) is 0 Å². The largest absolute Gasteiger partial charge is 0.300 e. The van der Waals surface area contributed by atoms with Gasteiger partial charge in [-0.15, -0.1) is 11.8 Å². The van der Waals surface area contributed by atoms with Crippen LogP contribution in [0.25, 0.3) is 0 Å². The molecule has 72 valence electrons. The smallest absolute Gasteiger partial charge is 0.134 e. The Morgan fingerprint density at radius 3 is 2.79 bits per heavy atom. The molecule has 0 atom stereocenters. The van der Waals surface area contributed by atoms with Gasteiger partial charge >= 0.3 is 0 Å². The number of hydrogen-bond acceptors (Lipinski definition) is 3. The third kappa shape index (κ3) is 2.36. The molecule has 0 heterocycles. The second kappa shape index (κ2) is 4.83. The Morgan fingerprint density at radius 1 is 1.57 bits per heavy atom. The van der Waals surface area contributed by atoms with E-state index in [1.165, 1.54) is 11.8 Å². The summed E-state index contributed by atoms with van der Waals surface area (Å²) in [5, 5.41) is 8.86. The van der Waals surface area contributed by atoms with Gasteiger partial charge in [0.15, 0.2) is 0 Å². The molecule has 0 N–H and O–H groups in total. The summed E-state index contributed by atoms with van der Waals surface area (Å²) in [4.78, 5) is 11.9. The van der Waals surface area contributed by atoms with Crippen LogP contribution in [0.4, 0.5) is 0 Å². The predicted molar refractivity (Wildman–Crippen MR) is 57.3 cm³/mol. The summed E-state index contributed by atoms with van der Waals surface area (Å²) in [6.45, 7) is 1.56. The highest BCUT2D eigenvalue weighted by Crippen LogP contribution is 2.24. The molecule has 1 aromatic carbocycles. The third-order valence-electron chi connectivity index (χ3n) is 1.86. The first kappa shape index (κ1) is 10.8. The molecule has 0 aliphatic rings. The van der Waals surface area contributed by atoms with Crippen molar-refractivity contribution in [1.82, 2.24) is 0 Å². The summed E-state index contributed by atoms with van der Waals surface area (Å²) in [6.07, 6.45) is 2.32. The molecule has 0 unspecified atom stereocenters. The van der Waals surface area contributed by atoms with Gasteiger partial charge in [-0.2, -0.15) is 5.26 Å². The molecule has 0 amide bonds. The van der Waals surface area contributed by atoms with Gasteiger partial charge < -0.3 is 0 Å². The minimum absolute atomic E-state index is 0.121. The van der Waals surface area contributed by atoms with Crippen molar-refractivity contribution in [2.75, 3.05) is 6.26 Å². The number of rotatable bonds is 3. The molecular weight excluding hydrogens is 194 g/mol. The number of nitrogens with zero attached hydrogens (tertiary/aromatic N) is 1. The lowest BCUT2D eigenvalue weighted by Gasteiger charge is -2.06. The van der Waals surface area contributed by atoms with Crippen LogP contribution in [0, 0.1) is 11.3 Å². The van der Waals surface area contributed by atoms with Crippen LogP contribution < -0.4 is 0 Å². The number of hydrogen-bond donors (Lipinski definition) is 0. The van der Waals surface area contributed by atoms with Crippen LogP contribution in [-0.4, -0.2) is 12.0 Å².